The summed E-state index contributed by atoms with van der Waals surface area (Å²) in [6.07, 6.45) is 0. The molecule has 1 heterocycles. The summed E-state index contributed by atoms with van der Waals surface area (Å²) in [5.41, 5.74) is 2.88. The Morgan fingerprint density at radius 2 is 2.07 bits per heavy atom. The number of esters is 1. The maximum atomic E-state index is 12.0. The van der Waals surface area contributed by atoms with E-state index in [1.165, 1.54) is 12.1 Å². The molecule has 1 aliphatic rings. The van der Waals surface area contributed by atoms with Crippen molar-refractivity contribution in [1.82, 2.24) is 0 Å². The lowest BCUT2D eigenvalue weighted by Crippen LogP contribution is -2.17. The van der Waals surface area contributed by atoms with Gasteiger partial charge in [0, 0.05) is 23.3 Å². The van der Waals surface area contributed by atoms with Crippen LogP contribution in [0.5, 0.6) is 11.5 Å². The third kappa shape index (κ3) is 4.53. The highest BCUT2D eigenvalue weighted by Crippen LogP contribution is 2.33. The number of carbonyl (C=O) groups excluding carboxylic acids is 1. The number of benzene rings is 2. The molecule has 0 radical (unpaired) electrons. The molecule has 2 aromatic rings. The van der Waals surface area contributed by atoms with E-state index >= 15 is 0 Å². The molecule has 8 nitrogen and oxygen atoms in total. The Morgan fingerprint density at radius 3 is 2.81 bits per heavy atom. The number of hydrogen-bond donors (Lipinski definition) is 0. The van der Waals surface area contributed by atoms with Gasteiger partial charge in [0.2, 0.25) is 0 Å². The quantitative estimate of drug-likeness (QED) is 0.436. The molecule has 0 spiro atoms. The number of fused-ring (bicyclic) bond motifs is 1. The molecule has 0 fully saturated rings. The van der Waals surface area contributed by atoms with E-state index in [0.29, 0.717) is 22.6 Å². The van der Waals surface area contributed by atoms with Crippen molar-refractivity contribution in [2.75, 3.05) is 13.4 Å². The molecule has 0 amide bonds. The van der Waals surface area contributed by atoms with Gasteiger partial charge in [0.1, 0.15) is 18.1 Å². The van der Waals surface area contributed by atoms with Gasteiger partial charge in [-0.15, -0.1) is 0 Å². The van der Waals surface area contributed by atoms with Gasteiger partial charge in [0.15, 0.2) is 13.4 Å². The second-order valence-electron chi connectivity index (χ2n) is 6.18. The predicted octanol–water partition coefficient (Wildman–Crippen LogP) is 3.20. The average molecular weight is 373 g/mol. The van der Waals surface area contributed by atoms with Gasteiger partial charge in [0.05, 0.1) is 11.5 Å². The van der Waals surface area contributed by atoms with Gasteiger partial charge in [-0.3, -0.25) is 10.1 Å². The molecule has 27 heavy (non-hydrogen) atoms. The maximum absolute atomic E-state index is 12.0. The summed E-state index contributed by atoms with van der Waals surface area (Å²) in [4.78, 5) is 22.6. The van der Waals surface area contributed by atoms with E-state index in [-0.39, 0.29) is 32.3 Å². The van der Waals surface area contributed by atoms with Crippen LogP contribution in [0.15, 0.2) is 30.3 Å². The van der Waals surface area contributed by atoms with Gasteiger partial charge < -0.3 is 18.9 Å². The number of non-ortho nitro benzene ring substituents is 1. The lowest BCUT2D eigenvalue weighted by molar-refractivity contribution is -0.385. The van der Waals surface area contributed by atoms with Crippen LogP contribution in [-0.2, 0) is 27.5 Å². The third-order valence-electron chi connectivity index (χ3n) is 4.05. The lowest BCUT2D eigenvalue weighted by atomic mass is 10.1. The number of aryl methyl sites for hydroxylation is 2. The standard InChI is InChI=1S/C19H19NO7/c1-12-3-4-17(13(2)5-12)25-10-18(21)26-9-15-7-16(20(22)23)6-14-8-24-11-27-19(14)15/h3-7H,8-11H2,1-2H3. The van der Waals surface area contributed by atoms with Crippen molar-refractivity contribution < 1.29 is 28.7 Å². The van der Waals surface area contributed by atoms with E-state index in [1.807, 2.05) is 26.0 Å². The van der Waals surface area contributed by atoms with Gasteiger partial charge in [-0.25, -0.2) is 4.79 Å². The van der Waals surface area contributed by atoms with Crippen LogP contribution in [0.2, 0.25) is 0 Å². The van der Waals surface area contributed by atoms with Crippen LogP contribution in [0.4, 0.5) is 5.69 Å². The maximum Gasteiger partial charge on any atom is 0.344 e. The fourth-order valence-electron chi connectivity index (χ4n) is 2.79. The van der Waals surface area contributed by atoms with Crippen LogP contribution in [0.25, 0.3) is 0 Å². The highest BCUT2D eigenvalue weighted by molar-refractivity contribution is 5.71. The number of ether oxygens (including phenoxy) is 4. The van der Waals surface area contributed by atoms with E-state index in [1.54, 1.807) is 6.07 Å². The molecule has 0 bridgehead atoms. The first-order chi connectivity index (χ1) is 12.9. The summed E-state index contributed by atoms with van der Waals surface area (Å²) in [5.74, 6) is 0.475. The number of hydrogen-bond acceptors (Lipinski definition) is 7. The first-order valence-electron chi connectivity index (χ1n) is 8.30. The molecule has 0 saturated heterocycles. The summed E-state index contributed by atoms with van der Waals surface area (Å²) in [6.45, 7) is 3.69. The summed E-state index contributed by atoms with van der Waals surface area (Å²) >= 11 is 0. The van der Waals surface area contributed by atoms with Crippen LogP contribution in [-0.4, -0.2) is 24.3 Å². The Labute approximate surface area is 155 Å². The second kappa shape index (κ2) is 8.05. The Kier molecular flexibility index (Phi) is 5.56. The van der Waals surface area contributed by atoms with Crippen LogP contribution in [0.3, 0.4) is 0 Å². The fourth-order valence-corrected chi connectivity index (χ4v) is 2.79. The lowest BCUT2D eigenvalue weighted by Gasteiger charge is -2.20. The van der Waals surface area contributed by atoms with Crippen LogP contribution in [0, 0.1) is 24.0 Å². The molecule has 0 N–H and O–H groups in total. The average Bonchev–Trinajstić information content (AvgIpc) is 2.65. The van der Waals surface area contributed by atoms with Crippen molar-refractivity contribution >= 4 is 11.7 Å². The van der Waals surface area contributed by atoms with E-state index in [0.717, 1.165) is 11.1 Å². The smallest absolute Gasteiger partial charge is 0.344 e. The van der Waals surface area contributed by atoms with Gasteiger partial charge in [-0.05, 0) is 25.5 Å². The number of carbonyl (C=O) groups is 1. The Balaban J connectivity index is 1.64. The summed E-state index contributed by atoms with van der Waals surface area (Å²) in [7, 11) is 0. The van der Waals surface area contributed by atoms with Gasteiger partial charge >= 0.3 is 5.97 Å². The molecule has 1 aliphatic heterocycles. The zero-order chi connectivity index (χ0) is 19.4. The zero-order valence-electron chi connectivity index (χ0n) is 15.0. The molecular weight excluding hydrogens is 354 g/mol. The number of nitro benzene ring substituents is 1. The number of rotatable bonds is 6. The normalized spacial score (nSPS) is 12.7. The molecular formula is C19H19NO7. The van der Waals surface area contributed by atoms with Crippen molar-refractivity contribution in [3.63, 3.8) is 0 Å². The highest BCUT2D eigenvalue weighted by Gasteiger charge is 2.21. The molecule has 8 heteroatoms. The predicted molar refractivity (Wildman–Crippen MR) is 94.6 cm³/mol. The molecule has 0 atom stereocenters. The fraction of sp³-hybridized carbons (Fsp3) is 0.316. The third-order valence-corrected chi connectivity index (χ3v) is 4.05. The molecule has 3 rings (SSSR count). The second-order valence-corrected chi connectivity index (χ2v) is 6.18. The molecule has 0 aromatic heterocycles. The van der Waals surface area contributed by atoms with E-state index < -0.39 is 10.9 Å². The first-order valence-corrected chi connectivity index (χ1v) is 8.30. The summed E-state index contributed by atoms with van der Waals surface area (Å²) in [5, 5.41) is 11.1. The van der Waals surface area contributed by atoms with Crippen LogP contribution >= 0.6 is 0 Å². The Hall–Kier alpha value is -3.13. The monoisotopic (exact) mass is 373 g/mol. The zero-order valence-corrected chi connectivity index (χ0v) is 15.0. The molecule has 2 aromatic carbocycles. The molecule has 142 valence electrons. The molecule has 0 saturated carbocycles. The number of nitro groups is 1. The van der Waals surface area contributed by atoms with Crippen molar-refractivity contribution in [2.24, 2.45) is 0 Å². The van der Waals surface area contributed by atoms with Crippen LogP contribution in [0.1, 0.15) is 22.3 Å². The van der Waals surface area contributed by atoms with Crippen molar-refractivity contribution in [2.45, 2.75) is 27.1 Å². The van der Waals surface area contributed by atoms with Gasteiger partial charge in [0.25, 0.3) is 5.69 Å². The minimum atomic E-state index is -0.581. The summed E-state index contributed by atoms with van der Waals surface area (Å²) in [6, 6.07) is 8.37. The van der Waals surface area contributed by atoms with Crippen molar-refractivity contribution in [1.29, 1.82) is 0 Å². The Bertz CT molecular complexity index is 879. The minimum Gasteiger partial charge on any atom is -0.482 e. The van der Waals surface area contributed by atoms with E-state index in [2.05, 4.69) is 0 Å². The summed E-state index contributed by atoms with van der Waals surface area (Å²) < 4.78 is 21.2. The Morgan fingerprint density at radius 1 is 1.26 bits per heavy atom. The van der Waals surface area contributed by atoms with Gasteiger partial charge in [-0.2, -0.15) is 0 Å². The highest BCUT2D eigenvalue weighted by atomic mass is 16.7. The molecule has 0 aliphatic carbocycles. The topological polar surface area (TPSA) is 97.1 Å². The van der Waals surface area contributed by atoms with E-state index in [4.69, 9.17) is 18.9 Å². The van der Waals surface area contributed by atoms with Crippen molar-refractivity contribution in [3.8, 4) is 11.5 Å². The van der Waals surface area contributed by atoms with Gasteiger partial charge in [-0.1, -0.05) is 17.7 Å². The largest absolute Gasteiger partial charge is 0.482 e. The van der Waals surface area contributed by atoms with Crippen LogP contribution < -0.4 is 9.47 Å². The minimum absolute atomic E-state index is 0.0432. The first kappa shape index (κ1) is 18.7. The number of nitrogens with zero attached hydrogens (tertiary/aromatic N) is 1. The van der Waals surface area contributed by atoms with Crippen molar-refractivity contribution in [3.05, 3.63) is 62.7 Å². The molecule has 0 unspecified atom stereocenters. The van der Waals surface area contributed by atoms with E-state index in [9.17, 15) is 14.9 Å². The SMILES string of the molecule is Cc1ccc(OCC(=O)OCc2cc([N+](=O)[O-])cc3c2OCOC3)c(C)c1.